The summed E-state index contributed by atoms with van der Waals surface area (Å²) in [4.78, 5) is 12.2. The minimum atomic E-state index is -0.360. The van der Waals surface area contributed by atoms with Crippen LogP contribution in [0.15, 0.2) is 52.4 Å². The first-order chi connectivity index (χ1) is 9.65. The van der Waals surface area contributed by atoms with Crippen LogP contribution in [0.4, 0.5) is 4.39 Å². The van der Waals surface area contributed by atoms with Gasteiger partial charge < -0.3 is 0 Å². The highest BCUT2D eigenvalue weighted by Crippen LogP contribution is 2.17. The molecule has 0 aliphatic rings. The summed E-state index contributed by atoms with van der Waals surface area (Å²) < 4.78 is 15.6. The topological polar surface area (TPSA) is 34.4 Å². The van der Waals surface area contributed by atoms with Crippen LogP contribution < -0.4 is 5.56 Å². The highest BCUT2D eigenvalue weighted by molar-refractivity contribution is 7.13. The van der Waals surface area contributed by atoms with Gasteiger partial charge in [0.25, 0.3) is 5.56 Å². The van der Waals surface area contributed by atoms with Crippen LogP contribution in [0, 0.1) is 12.7 Å². The lowest BCUT2D eigenvalue weighted by Crippen LogP contribution is -2.08. The van der Waals surface area contributed by atoms with Crippen LogP contribution in [-0.2, 0) is 0 Å². The summed E-state index contributed by atoms with van der Waals surface area (Å²) in [7, 11) is 0. The van der Waals surface area contributed by atoms with E-state index < -0.39 is 0 Å². The number of hydrogen-bond donors (Lipinski definition) is 0. The number of hydrogen-bond acceptors (Lipinski definition) is 3. The SMILES string of the molecule is Cc1ccc2sn(/N=C/c3ccccc3F)c(=O)c2c1. The first-order valence-corrected chi connectivity index (χ1v) is 6.84. The van der Waals surface area contributed by atoms with Crippen molar-refractivity contribution in [3.63, 3.8) is 0 Å². The summed E-state index contributed by atoms with van der Waals surface area (Å²) in [6, 6.07) is 12.0. The lowest BCUT2D eigenvalue weighted by molar-refractivity contribution is 0.626. The standard InChI is InChI=1S/C15H11FN2OS/c1-10-6-7-14-12(8-10)15(19)18(20-14)17-9-11-4-2-3-5-13(11)16/h2-9H,1H3/b17-9+. The summed E-state index contributed by atoms with van der Waals surface area (Å²) >= 11 is 1.24. The Kier molecular flexibility index (Phi) is 3.20. The molecule has 0 radical (unpaired) electrons. The number of benzene rings is 2. The molecule has 0 saturated heterocycles. The summed E-state index contributed by atoms with van der Waals surface area (Å²) in [5.41, 5.74) is 1.20. The Bertz CT molecular complexity index is 864. The minimum absolute atomic E-state index is 0.179. The van der Waals surface area contributed by atoms with Gasteiger partial charge in [0.05, 0.1) is 16.3 Å². The van der Waals surface area contributed by atoms with Crippen LogP contribution in [0.2, 0.25) is 0 Å². The molecule has 1 aromatic heterocycles. The van der Waals surface area contributed by atoms with Gasteiger partial charge in [0.2, 0.25) is 0 Å². The maximum atomic E-state index is 13.5. The van der Waals surface area contributed by atoms with Crippen LogP contribution in [0.25, 0.3) is 10.1 Å². The van der Waals surface area contributed by atoms with Gasteiger partial charge in [0, 0.05) is 5.56 Å². The molecule has 0 unspecified atom stereocenters. The molecule has 0 aliphatic heterocycles. The molecule has 0 fully saturated rings. The van der Waals surface area contributed by atoms with E-state index in [9.17, 15) is 9.18 Å². The van der Waals surface area contributed by atoms with Gasteiger partial charge in [0.1, 0.15) is 5.82 Å². The van der Waals surface area contributed by atoms with Crippen molar-refractivity contribution in [2.75, 3.05) is 0 Å². The minimum Gasteiger partial charge on any atom is -0.266 e. The van der Waals surface area contributed by atoms with E-state index in [-0.39, 0.29) is 11.4 Å². The van der Waals surface area contributed by atoms with Crippen molar-refractivity contribution < 1.29 is 4.39 Å². The van der Waals surface area contributed by atoms with E-state index in [1.807, 2.05) is 25.1 Å². The fourth-order valence-corrected chi connectivity index (χ4v) is 2.73. The lowest BCUT2D eigenvalue weighted by atomic mass is 10.2. The third kappa shape index (κ3) is 2.28. The second-order valence-electron chi connectivity index (χ2n) is 4.44. The van der Waals surface area contributed by atoms with Gasteiger partial charge in [-0.15, -0.1) is 4.07 Å². The zero-order valence-corrected chi connectivity index (χ0v) is 11.5. The number of rotatable bonds is 2. The normalized spacial score (nSPS) is 11.5. The predicted molar refractivity (Wildman–Crippen MR) is 80.2 cm³/mol. The Morgan fingerprint density at radius 1 is 1.25 bits per heavy atom. The van der Waals surface area contributed by atoms with E-state index in [2.05, 4.69) is 5.10 Å². The van der Waals surface area contributed by atoms with Gasteiger partial charge in [-0.1, -0.05) is 29.8 Å². The fourth-order valence-electron chi connectivity index (χ4n) is 1.90. The second-order valence-corrected chi connectivity index (χ2v) is 5.40. The zero-order chi connectivity index (χ0) is 14.1. The second kappa shape index (κ2) is 5.02. The average molecular weight is 286 g/mol. The monoisotopic (exact) mass is 286 g/mol. The third-order valence-electron chi connectivity index (χ3n) is 2.93. The molecule has 100 valence electrons. The molecule has 0 N–H and O–H groups in total. The molecule has 0 amide bonds. The summed E-state index contributed by atoms with van der Waals surface area (Å²) in [5.74, 6) is -0.360. The van der Waals surface area contributed by atoms with Crippen molar-refractivity contribution in [1.29, 1.82) is 0 Å². The highest BCUT2D eigenvalue weighted by Gasteiger charge is 2.06. The van der Waals surface area contributed by atoms with Gasteiger partial charge in [-0.2, -0.15) is 5.10 Å². The molecule has 0 saturated carbocycles. The van der Waals surface area contributed by atoms with E-state index >= 15 is 0 Å². The molecule has 3 aromatic rings. The van der Waals surface area contributed by atoms with Gasteiger partial charge >= 0.3 is 0 Å². The molecular formula is C15H11FN2OS. The van der Waals surface area contributed by atoms with Gasteiger partial charge in [-0.05, 0) is 36.7 Å². The first-order valence-electron chi connectivity index (χ1n) is 6.07. The van der Waals surface area contributed by atoms with E-state index in [1.54, 1.807) is 18.2 Å². The Hall–Kier alpha value is -2.27. The van der Waals surface area contributed by atoms with Crippen molar-refractivity contribution in [3.05, 3.63) is 69.8 Å². The van der Waals surface area contributed by atoms with E-state index in [0.717, 1.165) is 10.3 Å². The van der Waals surface area contributed by atoms with E-state index in [1.165, 1.54) is 27.9 Å². The van der Waals surface area contributed by atoms with Crippen molar-refractivity contribution in [3.8, 4) is 0 Å². The average Bonchev–Trinajstić information content (AvgIpc) is 2.75. The van der Waals surface area contributed by atoms with Crippen molar-refractivity contribution in [1.82, 2.24) is 4.07 Å². The van der Waals surface area contributed by atoms with Crippen LogP contribution >= 0.6 is 11.5 Å². The number of nitrogens with zero attached hydrogens (tertiary/aromatic N) is 2. The molecule has 0 spiro atoms. The largest absolute Gasteiger partial charge is 0.289 e. The highest BCUT2D eigenvalue weighted by atomic mass is 32.1. The third-order valence-corrected chi connectivity index (χ3v) is 3.92. The molecule has 3 nitrogen and oxygen atoms in total. The quantitative estimate of drug-likeness (QED) is 0.665. The van der Waals surface area contributed by atoms with Crippen molar-refractivity contribution in [2.24, 2.45) is 5.10 Å². The Morgan fingerprint density at radius 3 is 2.85 bits per heavy atom. The summed E-state index contributed by atoms with van der Waals surface area (Å²) in [6.45, 7) is 1.93. The summed E-state index contributed by atoms with van der Waals surface area (Å²) in [6.07, 6.45) is 1.36. The van der Waals surface area contributed by atoms with Gasteiger partial charge in [0.15, 0.2) is 0 Å². The zero-order valence-electron chi connectivity index (χ0n) is 10.7. The predicted octanol–water partition coefficient (Wildman–Crippen LogP) is 3.39. The number of fused-ring (bicyclic) bond motifs is 1. The van der Waals surface area contributed by atoms with Gasteiger partial charge in [-0.3, -0.25) is 4.79 Å². The van der Waals surface area contributed by atoms with E-state index in [0.29, 0.717) is 10.9 Å². The molecule has 5 heteroatoms. The number of aryl methyl sites for hydroxylation is 1. The molecule has 3 rings (SSSR count). The Morgan fingerprint density at radius 2 is 2.05 bits per heavy atom. The van der Waals surface area contributed by atoms with Crippen LogP contribution in [-0.4, -0.2) is 10.3 Å². The number of aromatic nitrogens is 1. The smallest absolute Gasteiger partial charge is 0.266 e. The number of halogens is 1. The molecule has 0 bridgehead atoms. The molecular weight excluding hydrogens is 275 g/mol. The molecule has 2 aromatic carbocycles. The maximum absolute atomic E-state index is 13.5. The van der Waals surface area contributed by atoms with Crippen LogP contribution in [0.1, 0.15) is 11.1 Å². The van der Waals surface area contributed by atoms with Crippen LogP contribution in [0.5, 0.6) is 0 Å². The Balaban J connectivity index is 2.06. The Labute approximate surface area is 118 Å². The molecule has 0 aliphatic carbocycles. The lowest BCUT2D eigenvalue weighted by Gasteiger charge is -1.94. The molecule has 0 atom stereocenters. The van der Waals surface area contributed by atoms with Crippen LogP contribution in [0.3, 0.4) is 0 Å². The van der Waals surface area contributed by atoms with Crippen molar-refractivity contribution in [2.45, 2.75) is 6.92 Å². The fraction of sp³-hybridized carbons (Fsp3) is 0.0667. The van der Waals surface area contributed by atoms with Gasteiger partial charge in [-0.25, -0.2) is 4.39 Å². The van der Waals surface area contributed by atoms with Crippen molar-refractivity contribution >= 4 is 27.8 Å². The van der Waals surface area contributed by atoms with E-state index in [4.69, 9.17) is 0 Å². The summed E-state index contributed by atoms with van der Waals surface area (Å²) in [5, 5.41) is 4.70. The molecule has 1 heterocycles. The molecule has 20 heavy (non-hydrogen) atoms. The first kappa shape index (κ1) is 12.7. The maximum Gasteiger partial charge on any atom is 0.289 e.